The average molecular weight is 216 g/mol. The molecule has 1 aliphatic heterocycles. The van der Waals surface area contributed by atoms with E-state index in [1.165, 1.54) is 0 Å². The van der Waals surface area contributed by atoms with Crippen LogP contribution in [0.15, 0.2) is 35.9 Å². The first-order valence-corrected chi connectivity index (χ1v) is 5.58. The number of Topliss-reactive ketones (excluding diaryl/α,β-unsaturated/α-hetero) is 1. The molecule has 0 aliphatic carbocycles. The van der Waals surface area contributed by atoms with Crippen molar-refractivity contribution in [2.24, 2.45) is 5.92 Å². The van der Waals surface area contributed by atoms with Crippen molar-refractivity contribution < 1.29 is 9.53 Å². The fourth-order valence-electron chi connectivity index (χ4n) is 1.92. The first-order valence-electron chi connectivity index (χ1n) is 5.58. The Morgan fingerprint density at radius 1 is 1.12 bits per heavy atom. The van der Waals surface area contributed by atoms with Gasteiger partial charge in [0.1, 0.15) is 11.9 Å². The number of hydrogen-bond acceptors (Lipinski definition) is 2. The van der Waals surface area contributed by atoms with Gasteiger partial charge in [0.25, 0.3) is 0 Å². The van der Waals surface area contributed by atoms with Crippen LogP contribution in [-0.4, -0.2) is 11.9 Å². The van der Waals surface area contributed by atoms with Crippen LogP contribution in [0.1, 0.15) is 26.3 Å². The van der Waals surface area contributed by atoms with Crippen LogP contribution in [0.5, 0.6) is 0 Å². The summed E-state index contributed by atoms with van der Waals surface area (Å²) >= 11 is 0. The molecule has 84 valence electrons. The van der Waals surface area contributed by atoms with E-state index in [0.717, 1.165) is 16.9 Å². The van der Waals surface area contributed by atoms with Crippen LogP contribution < -0.4 is 0 Å². The summed E-state index contributed by atoms with van der Waals surface area (Å²) in [6.07, 6.45) is -0.0496. The van der Waals surface area contributed by atoms with Gasteiger partial charge in [-0.05, 0) is 13.8 Å². The first-order chi connectivity index (χ1) is 7.61. The van der Waals surface area contributed by atoms with Gasteiger partial charge < -0.3 is 4.74 Å². The highest BCUT2D eigenvalue weighted by Gasteiger charge is 2.31. The van der Waals surface area contributed by atoms with Crippen LogP contribution in [0.2, 0.25) is 0 Å². The van der Waals surface area contributed by atoms with Crippen molar-refractivity contribution in [1.29, 1.82) is 0 Å². The third-order valence-corrected chi connectivity index (χ3v) is 3.17. The molecule has 2 unspecified atom stereocenters. The molecule has 0 radical (unpaired) electrons. The summed E-state index contributed by atoms with van der Waals surface area (Å²) in [5.41, 5.74) is 1.71. The van der Waals surface area contributed by atoms with E-state index >= 15 is 0 Å². The van der Waals surface area contributed by atoms with E-state index in [2.05, 4.69) is 0 Å². The quantitative estimate of drug-likeness (QED) is 0.721. The van der Waals surface area contributed by atoms with Gasteiger partial charge in [0.2, 0.25) is 0 Å². The number of carbonyl (C=O) groups excluding carboxylic acids is 1. The topological polar surface area (TPSA) is 26.3 Å². The Balaban J connectivity index is 2.45. The number of allylic oxidation sites excluding steroid dienone is 1. The zero-order valence-electron chi connectivity index (χ0n) is 9.86. The van der Waals surface area contributed by atoms with Gasteiger partial charge in [-0.15, -0.1) is 0 Å². The van der Waals surface area contributed by atoms with Gasteiger partial charge in [-0.3, -0.25) is 4.79 Å². The summed E-state index contributed by atoms with van der Waals surface area (Å²) in [5.74, 6) is 0.876. The molecule has 1 aliphatic rings. The average Bonchev–Trinajstić information content (AvgIpc) is 2.32. The third-order valence-electron chi connectivity index (χ3n) is 3.17. The summed E-state index contributed by atoms with van der Waals surface area (Å²) in [7, 11) is 0. The molecule has 2 atom stereocenters. The molecule has 1 aromatic carbocycles. The maximum atomic E-state index is 12.0. The molecule has 0 fully saturated rings. The fourth-order valence-corrected chi connectivity index (χ4v) is 1.92. The molecular formula is C14H16O2. The number of ether oxygens (including phenoxy) is 1. The van der Waals surface area contributed by atoms with Crippen LogP contribution in [0.3, 0.4) is 0 Å². The monoisotopic (exact) mass is 216 g/mol. The molecule has 0 bridgehead atoms. The largest absolute Gasteiger partial charge is 0.489 e. The van der Waals surface area contributed by atoms with Gasteiger partial charge in [-0.1, -0.05) is 37.3 Å². The fraction of sp³-hybridized carbons (Fsp3) is 0.357. The van der Waals surface area contributed by atoms with Crippen molar-refractivity contribution in [3.8, 4) is 0 Å². The van der Waals surface area contributed by atoms with Crippen LogP contribution in [-0.2, 0) is 9.53 Å². The Morgan fingerprint density at radius 2 is 1.75 bits per heavy atom. The lowest BCUT2D eigenvalue weighted by atomic mass is 9.91. The SMILES string of the molecule is CC1=C(c2ccccc2)OC(C)C(C)C1=O. The van der Waals surface area contributed by atoms with Crippen LogP contribution in [0, 0.1) is 5.92 Å². The van der Waals surface area contributed by atoms with Crippen molar-refractivity contribution in [2.45, 2.75) is 26.9 Å². The van der Waals surface area contributed by atoms with Crippen molar-refractivity contribution in [1.82, 2.24) is 0 Å². The number of rotatable bonds is 1. The highest BCUT2D eigenvalue weighted by Crippen LogP contribution is 2.31. The maximum Gasteiger partial charge on any atom is 0.168 e. The third kappa shape index (κ3) is 1.75. The molecule has 0 saturated heterocycles. The van der Waals surface area contributed by atoms with E-state index in [4.69, 9.17) is 4.74 Å². The molecule has 16 heavy (non-hydrogen) atoms. The minimum atomic E-state index is -0.0496. The highest BCUT2D eigenvalue weighted by atomic mass is 16.5. The maximum absolute atomic E-state index is 12.0. The summed E-state index contributed by atoms with van der Waals surface area (Å²) in [5, 5.41) is 0. The summed E-state index contributed by atoms with van der Waals surface area (Å²) in [6.45, 7) is 5.70. The molecule has 0 aromatic heterocycles. The lowest BCUT2D eigenvalue weighted by Gasteiger charge is -2.29. The van der Waals surface area contributed by atoms with Gasteiger partial charge in [-0.2, -0.15) is 0 Å². The molecule has 2 rings (SSSR count). The second kappa shape index (κ2) is 4.12. The van der Waals surface area contributed by atoms with E-state index in [1.54, 1.807) is 0 Å². The van der Waals surface area contributed by atoms with Crippen LogP contribution >= 0.6 is 0 Å². The van der Waals surface area contributed by atoms with E-state index in [-0.39, 0.29) is 17.8 Å². The van der Waals surface area contributed by atoms with Crippen molar-refractivity contribution in [3.05, 3.63) is 41.5 Å². The molecule has 2 heteroatoms. The van der Waals surface area contributed by atoms with Gasteiger partial charge in [0.15, 0.2) is 5.78 Å². The van der Waals surface area contributed by atoms with Gasteiger partial charge in [0, 0.05) is 11.1 Å². The number of hydrogen-bond donors (Lipinski definition) is 0. The molecule has 2 nitrogen and oxygen atoms in total. The van der Waals surface area contributed by atoms with Crippen molar-refractivity contribution in [3.63, 3.8) is 0 Å². The summed E-state index contributed by atoms with van der Waals surface area (Å²) in [6, 6.07) is 9.79. The van der Waals surface area contributed by atoms with E-state index in [9.17, 15) is 4.79 Å². The Bertz CT molecular complexity index is 431. The first kappa shape index (κ1) is 10.9. The number of carbonyl (C=O) groups is 1. The van der Waals surface area contributed by atoms with Gasteiger partial charge in [0.05, 0.1) is 5.92 Å². The van der Waals surface area contributed by atoms with Crippen molar-refractivity contribution in [2.75, 3.05) is 0 Å². The Kier molecular flexibility index (Phi) is 2.82. The molecule has 1 aromatic rings. The van der Waals surface area contributed by atoms with Gasteiger partial charge >= 0.3 is 0 Å². The lowest BCUT2D eigenvalue weighted by Crippen LogP contribution is -2.31. The smallest absolute Gasteiger partial charge is 0.168 e. The van der Waals surface area contributed by atoms with Crippen LogP contribution in [0.25, 0.3) is 5.76 Å². The molecule has 0 N–H and O–H groups in total. The Morgan fingerprint density at radius 3 is 2.38 bits per heavy atom. The predicted molar refractivity (Wildman–Crippen MR) is 63.8 cm³/mol. The van der Waals surface area contributed by atoms with Gasteiger partial charge in [-0.25, -0.2) is 0 Å². The van der Waals surface area contributed by atoms with Crippen LogP contribution in [0.4, 0.5) is 0 Å². The molecule has 0 amide bonds. The molecule has 0 saturated carbocycles. The minimum Gasteiger partial charge on any atom is -0.489 e. The normalized spacial score (nSPS) is 25.6. The Labute approximate surface area is 95.9 Å². The zero-order valence-corrected chi connectivity index (χ0v) is 9.86. The predicted octanol–water partition coefficient (Wildman–Crippen LogP) is 3.04. The number of ketones is 1. The number of benzene rings is 1. The van der Waals surface area contributed by atoms with Crippen molar-refractivity contribution >= 4 is 11.5 Å². The van der Waals surface area contributed by atoms with E-state index < -0.39 is 0 Å². The summed E-state index contributed by atoms with van der Waals surface area (Å²) in [4.78, 5) is 12.0. The zero-order chi connectivity index (χ0) is 11.7. The molecular weight excluding hydrogens is 200 g/mol. The van der Waals surface area contributed by atoms with E-state index in [0.29, 0.717) is 0 Å². The minimum absolute atomic E-state index is 0.0486. The summed E-state index contributed by atoms with van der Waals surface area (Å²) < 4.78 is 5.83. The Hall–Kier alpha value is -1.57. The van der Waals surface area contributed by atoms with E-state index in [1.807, 2.05) is 51.1 Å². The standard InChI is InChI=1S/C14H16O2/c1-9-11(3)16-14(10(2)13(9)15)12-7-5-4-6-8-12/h4-9,11H,1-3H3. The molecule has 1 heterocycles. The second-order valence-electron chi connectivity index (χ2n) is 4.30. The molecule has 0 spiro atoms. The second-order valence-corrected chi connectivity index (χ2v) is 4.30. The highest BCUT2D eigenvalue weighted by molar-refractivity contribution is 6.03. The lowest BCUT2D eigenvalue weighted by molar-refractivity contribution is -0.123.